The molecule has 2 unspecified atom stereocenters. The van der Waals surface area contributed by atoms with Crippen LogP contribution in [0.15, 0.2) is 18.2 Å². The highest BCUT2D eigenvalue weighted by atomic mass is 14.9. The van der Waals surface area contributed by atoms with Crippen LogP contribution in [0.5, 0.6) is 0 Å². The number of hydrogen-bond acceptors (Lipinski definition) is 1. The predicted octanol–water partition coefficient (Wildman–Crippen LogP) is 2.98. The van der Waals surface area contributed by atoms with Crippen LogP contribution in [0.1, 0.15) is 42.9 Å². The molecule has 2 rings (SSSR count). The maximum absolute atomic E-state index is 3.60. The summed E-state index contributed by atoms with van der Waals surface area (Å²) in [6, 6.07) is 7.50. The minimum atomic E-state index is 0.657. The largest absolute Gasteiger partial charge is 0.309 e. The molecule has 0 radical (unpaired) electrons. The first-order valence-electron chi connectivity index (χ1n) is 5.55. The predicted molar refractivity (Wildman–Crippen MR) is 60.5 cm³/mol. The van der Waals surface area contributed by atoms with Crippen molar-refractivity contribution in [3.8, 4) is 0 Å². The van der Waals surface area contributed by atoms with Crippen LogP contribution >= 0.6 is 0 Å². The molecule has 0 saturated heterocycles. The number of benzene rings is 1. The second-order valence-electron chi connectivity index (χ2n) is 4.39. The first-order chi connectivity index (χ1) is 6.72. The summed E-state index contributed by atoms with van der Waals surface area (Å²) < 4.78 is 0. The highest BCUT2D eigenvalue weighted by molar-refractivity contribution is 5.36. The molecule has 1 aromatic rings. The fourth-order valence-corrected chi connectivity index (χ4v) is 2.46. The molecule has 0 saturated carbocycles. The van der Waals surface area contributed by atoms with Crippen molar-refractivity contribution in [2.45, 2.75) is 45.7 Å². The zero-order valence-electron chi connectivity index (χ0n) is 9.30. The molecule has 1 aliphatic heterocycles. The van der Waals surface area contributed by atoms with Gasteiger partial charge < -0.3 is 5.32 Å². The van der Waals surface area contributed by atoms with Crippen LogP contribution in [-0.2, 0) is 6.54 Å². The van der Waals surface area contributed by atoms with Gasteiger partial charge in [-0.25, -0.2) is 0 Å². The Hall–Kier alpha value is -0.820. The quantitative estimate of drug-likeness (QED) is 0.716. The molecule has 1 heterocycles. The normalized spacial score (nSPS) is 25.9. The highest BCUT2D eigenvalue weighted by Crippen LogP contribution is 2.29. The Kier molecular flexibility index (Phi) is 2.60. The van der Waals surface area contributed by atoms with E-state index in [-0.39, 0.29) is 0 Å². The molecular formula is C13H19N. The third kappa shape index (κ3) is 1.57. The van der Waals surface area contributed by atoms with E-state index in [0.29, 0.717) is 12.0 Å². The van der Waals surface area contributed by atoms with Crippen molar-refractivity contribution < 1.29 is 0 Å². The molecule has 1 heteroatoms. The van der Waals surface area contributed by atoms with Crippen molar-refractivity contribution in [3.05, 3.63) is 34.9 Å². The lowest BCUT2D eigenvalue weighted by Crippen LogP contribution is -2.37. The summed E-state index contributed by atoms with van der Waals surface area (Å²) in [6.45, 7) is 7.79. The van der Waals surface area contributed by atoms with Gasteiger partial charge in [0.2, 0.25) is 0 Å². The van der Waals surface area contributed by atoms with Gasteiger partial charge in [0.05, 0.1) is 0 Å². The average molecular weight is 189 g/mol. The lowest BCUT2D eigenvalue weighted by atomic mass is 9.84. The van der Waals surface area contributed by atoms with E-state index >= 15 is 0 Å². The van der Waals surface area contributed by atoms with Crippen molar-refractivity contribution >= 4 is 0 Å². The lowest BCUT2D eigenvalue weighted by Gasteiger charge is -2.32. The van der Waals surface area contributed by atoms with E-state index in [1.165, 1.54) is 17.5 Å². The summed E-state index contributed by atoms with van der Waals surface area (Å²) in [6.07, 6.45) is 1.22. The van der Waals surface area contributed by atoms with Crippen molar-refractivity contribution in [2.24, 2.45) is 0 Å². The Morgan fingerprint density at radius 1 is 1.43 bits per heavy atom. The molecule has 0 bridgehead atoms. The fraction of sp³-hybridized carbons (Fsp3) is 0.538. The van der Waals surface area contributed by atoms with E-state index in [1.54, 1.807) is 5.56 Å². The van der Waals surface area contributed by atoms with Gasteiger partial charge in [-0.3, -0.25) is 0 Å². The summed E-state index contributed by atoms with van der Waals surface area (Å²) in [4.78, 5) is 0. The molecule has 0 amide bonds. The molecule has 1 nitrogen and oxygen atoms in total. The SMILES string of the molecule is CCC1NCc2cc(C)ccc2C1C. The number of nitrogens with one attached hydrogen (secondary N) is 1. The summed E-state index contributed by atoms with van der Waals surface area (Å²) in [5.74, 6) is 0.657. The minimum Gasteiger partial charge on any atom is -0.309 e. The van der Waals surface area contributed by atoms with Crippen LogP contribution in [0.3, 0.4) is 0 Å². The molecule has 0 spiro atoms. The van der Waals surface area contributed by atoms with E-state index in [9.17, 15) is 0 Å². The minimum absolute atomic E-state index is 0.657. The molecule has 1 aliphatic rings. The van der Waals surface area contributed by atoms with Crippen LogP contribution in [0, 0.1) is 6.92 Å². The fourth-order valence-electron chi connectivity index (χ4n) is 2.46. The second-order valence-corrected chi connectivity index (χ2v) is 4.39. The highest BCUT2D eigenvalue weighted by Gasteiger charge is 2.23. The summed E-state index contributed by atoms with van der Waals surface area (Å²) >= 11 is 0. The van der Waals surface area contributed by atoms with Gasteiger partial charge in [-0.2, -0.15) is 0 Å². The third-order valence-electron chi connectivity index (χ3n) is 3.39. The Balaban J connectivity index is 2.36. The molecule has 1 aromatic carbocycles. The molecular weight excluding hydrogens is 170 g/mol. The zero-order valence-corrected chi connectivity index (χ0v) is 9.30. The summed E-state index contributed by atoms with van der Waals surface area (Å²) in [5, 5.41) is 3.60. The smallest absolute Gasteiger partial charge is 0.0211 e. The van der Waals surface area contributed by atoms with Gasteiger partial charge in [0.25, 0.3) is 0 Å². The van der Waals surface area contributed by atoms with Crippen LogP contribution in [0.25, 0.3) is 0 Å². The van der Waals surface area contributed by atoms with E-state index < -0.39 is 0 Å². The standard InChI is InChI=1S/C13H19N/c1-4-13-10(3)12-6-5-9(2)7-11(12)8-14-13/h5-7,10,13-14H,4,8H2,1-3H3. The molecule has 76 valence electrons. The number of hydrogen-bond donors (Lipinski definition) is 1. The second kappa shape index (κ2) is 3.74. The zero-order chi connectivity index (χ0) is 10.1. The van der Waals surface area contributed by atoms with Crippen LogP contribution in [0.2, 0.25) is 0 Å². The number of aryl methyl sites for hydroxylation is 1. The van der Waals surface area contributed by atoms with Crippen LogP contribution in [0.4, 0.5) is 0 Å². The maximum Gasteiger partial charge on any atom is 0.0211 e. The molecule has 14 heavy (non-hydrogen) atoms. The van der Waals surface area contributed by atoms with Crippen molar-refractivity contribution in [1.82, 2.24) is 5.32 Å². The van der Waals surface area contributed by atoms with E-state index in [0.717, 1.165) is 6.54 Å². The molecule has 2 atom stereocenters. The van der Waals surface area contributed by atoms with Crippen LogP contribution in [-0.4, -0.2) is 6.04 Å². The van der Waals surface area contributed by atoms with Gasteiger partial charge in [0.1, 0.15) is 0 Å². The first-order valence-corrected chi connectivity index (χ1v) is 5.55. The Bertz CT molecular complexity index is 330. The molecule has 0 fully saturated rings. The summed E-state index contributed by atoms with van der Waals surface area (Å²) in [7, 11) is 0. The van der Waals surface area contributed by atoms with E-state index in [4.69, 9.17) is 0 Å². The summed E-state index contributed by atoms with van der Waals surface area (Å²) in [5.41, 5.74) is 4.40. The van der Waals surface area contributed by atoms with Crippen molar-refractivity contribution in [3.63, 3.8) is 0 Å². The van der Waals surface area contributed by atoms with Gasteiger partial charge >= 0.3 is 0 Å². The van der Waals surface area contributed by atoms with Crippen molar-refractivity contribution in [2.75, 3.05) is 0 Å². The molecule has 0 aliphatic carbocycles. The Labute approximate surface area is 86.5 Å². The van der Waals surface area contributed by atoms with Gasteiger partial charge in [0, 0.05) is 12.6 Å². The molecule has 1 N–H and O–H groups in total. The number of fused-ring (bicyclic) bond motifs is 1. The topological polar surface area (TPSA) is 12.0 Å². The first kappa shape index (κ1) is 9.72. The van der Waals surface area contributed by atoms with Gasteiger partial charge in [-0.1, -0.05) is 37.6 Å². The van der Waals surface area contributed by atoms with Crippen molar-refractivity contribution in [1.29, 1.82) is 0 Å². The van der Waals surface area contributed by atoms with E-state index in [1.807, 2.05) is 0 Å². The monoisotopic (exact) mass is 189 g/mol. The van der Waals surface area contributed by atoms with Gasteiger partial charge in [0.15, 0.2) is 0 Å². The van der Waals surface area contributed by atoms with Gasteiger partial charge in [-0.15, -0.1) is 0 Å². The Morgan fingerprint density at radius 2 is 2.21 bits per heavy atom. The number of rotatable bonds is 1. The van der Waals surface area contributed by atoms with Crippen LogP contribution < -0.4 is 5.32 Å². The Morgan fingerprint density at radius 3 is 2.93 bits per heavy atom. The van der Waals surface area contributed by atoms with E-state index in [2.05, 4.69) is 44.3 Å². The third-order valence-corrected chi connectivity index (χ3v) is 3.39. The average Bonchev–Trinajstić information content (AvgIpc) is 2.18. The molecule has 0 aromatic heterocycles. The van der Waals surface area contributed by atoms with Gasteiger partial charge in [-0.05, 0) is 30.4 Å². The maximum atomic E-state index is 3.60. The lowest BCUT2D eigenvalue weighted by molar-refractivity contribution is 0.409.